The van der Waals surface area contributed by atoms with Gasteiger partial charge in [-0.3, -0.25) is 0 Å². The first kappa shape index (κ1) is 15.1. The number of rotatable bonds is 6. The van der Waals surface area contributed by atoms with E-state index in [2.05, 4.69) is 24.1 Å². The first-order valence-corrected chi connectivity index (χ1v) is 7.77. The van der Waals surface area contributed by atoms with E-state index in [-0.39, 0.29) is 5.82 Å². The van der Waals surface area contributed by atoms with Crippen LogP contribution in [0, 0.1) is 18.7 Å². The number of hydrogen-bond donors (Lipinski definition) is 1. The minimum absolute atomic E-state index is 0.153. The lowest BCUT2D eigenvalue weighted by Crippen LogP contribution is -2.18. The van der Waals surface area contributed by atoms with Gasteiger partial charge in [0.2, 0.25) is 0 Å². The molecule has 0 bridgehead atoms. The molecule has 0 aliphatic heterocycles. The molecule has 0 radical (unpaired) electrons. The molecular formula is C16H21FN2S. The SMILES string of the molecule is Cc1nc(Cc2ccccc2F)sc1CNCC(C)C. The molecule has 0 aliphatic rings. The Morgan fingerprint density at radius 3 is 2.75 bits per heavy atom. The molecule has 0 saturated carbocycles. The summed E-state index contributed by atoms with van der Waals surface area (Å²) in [6, 6.07) is 6.90. The van der Waals surface area contributed by atoms with Crippen molar-refractivity contribution >= 4 is 11.3 Å². The van der Waals surface area contributed by atoms with E-state index in [9.17, 15) is 4.39 Å². The zero-order valence-corrected chi connectivity index (χ0v) is 13.1. The largest absolute Gasteiger partial charge is 0.312 e. The summed E-state index contributed by atoms with van der Waals surface area (Å²) in [5.74, 6) is 0.487. The van der Waals surface area contributed by atoms with Gasteiger partial charge in [-0.15, -0.1) is 11.3 Å². The quantitative estimate of drug-likeness (QED) is 0.872. The van der Waals surface area contributed by atoms with Crippen molar-refractivity contribution in [2.24, 2.45) is 5.92 Å². The van der Waals surface area contributed by atoms with E-state index >= 15 is 0 Å². The van der Waals surface area contributed by atoms with Crippen molar-refractivity contribution in [1.29, 1.82) is 0 Å². The molecule has 1 heterocycles. The maximum Gasteiger partial charge on any atom is 0.126 e. The predicted molar refractivity (Wildman–Crippen MR) is 82.6 cm³/mol. The molecule has 0 fully saturated rings. The van der Waals surface area contributed by atoms with Crippen molar-refractivity contribution in [3.63, 3.8) is 0 Å². The Labute approximate surface area is 124 Å². The molecule has 0 spiro atoms. The third kappa shape index (κ3) is 4.12. The highest BCUT2D eigenvalue weighted by atomic mass is 32.1. The van der Waals surface area contributed by atoms with Gasteiger partial charge in [0.05, 0.1) is 10.7 Å². The molecule has 2 aromatic rings. The van der Waals surface area contributed by atoms with E-state index in [1.54, 1.807) is 17.4 Å². The van der Waals surface area contributed by atoms with Gasteiger partial charge in [0.25, 0.3) is 0 Å². The van der Waals surface area contributed by atoms with Gasteiger partial charge < -0.3 is 5.32 Å². The van der Waals surface area contributed by atoms with E-state index in [0.29, 0.717) is 17.9 Å². The smallest absolute Gasteiger partial charge is 0.126 e. The average Bonchev–Trinajstić information content (AvgIpc) is 2.72. The summed E-state index contributed by atoms with van der Waals surface area (Å²) < 4.78 is 13.6. The molecule has 0 amide bonds. The van der Waals surface area contributed by atoms with Gasteiger partial charge in [0.15, 0.2) is 0 Å². The second-order valence-electron chi connectivity index (χ2n) is 5.41. The highest BCUT2D eigenvalue weighted by Gasteiger charge is 2.10. The third-order valence-electron chi connectivity index (χ3n) is 3.07. The van der Waals surface area contributed by atoms with Gasteiger partial charge in [-0.2, -0.15) is 0 Å². The average molecular weight is 292 g/mol. The summed E-state index contributed by atoms with van der Waals surface area (Å²) >= 11 is 1.67. The second kappa shape index (κ2) is 6.95. The van der Waals surface area contributed by atoms with Crippen LogP contribution in [0.2, 0.25) is 0 Å². The number of aryl methyl sites for hydroxylation is 1. The zero-order valence-electron chi connectivity index (χ0n) is 12.2. The number of aromatic nitrogens is 1. The van der Waals surface area contributed by atoms with Crippen molar-refractivity contribution < 1.29 is 4.39 Å². The van der Waals surface area contributed by atoms with Gasteiger partial charge in [-0.05, 0) is 31.0 Å². The summed E-state index contributed by atoms with van der Waals surface area (Å²) in [4.78, 5) is 5.80. The Morgan fingerprint density at radius 2 is 2.05 bits per heavy atom. The van der Waals surface area contributed by atoms with Crippen LogP contribution in [0.3, 0.4) is 0 Å². The minimum atomic E-state index is -0.153. The van der Waals surface area contributed by atoms with E-state index in [0.717, 1.165) is 23.8 Å². The van der Waals surface area contributed by atoms with Crippen LogP contribution in [-0.4, -0.2) is 11.5 Å². The van der Waals surface area contributed by atoms with Gasteiger partial charge in [0.1, 0.15) is 5.82 Å². The van der Waals surface area contributed by atoms with Gasteiger partial charge in [-0.1, -0.05) is 32.0 Å². The topological polar surface area (TPSA) is 24.9 Å². The third-order valence-corrected chi connectivity index (χ3v) is 4.23. The van der Waals surface area contributed by atoms with Crippen molar-refractivity contribution in [2.45, 2.75) is 33.7 Å². The normalized spacial score (nSPS) is 11.2. The van der Waals surface area contributed by atoms with Crippen LogP contribution in [0.4, 0.5) is 4.39 Å². The van der Waals surface area contributed by atoms with Crippen molar-refractivity contribution in [1.82, 2.24) is 10.3 Å². The number of hydrogen-bond acceptors (Lipinski definition) is 3. The molecule has 108 valence electrons. The van der Waals surface area contributed by atoms with Crippen LogP contribution in [0.5, 0.6) is 0 Å². The Balaban J connectivity index is 2.02. The summed E-state index contributed by atoms with van der Waals surface area (Å²) in [5.41, 5.74) is 1.76. The summed E-state index contributed by atoms with van der Waals surface area (Å²) in [5, 5.41) is 4.41. The van der Waals surface area contributed by atoms with Crippen molar-refractivity contribution in [3.05, 3.63) is 51.2 Å². The number of nitrogens with zero attached hydrogens (tertiary/aromatic N) is 1. The zero-order chi connectivity index (χ0) is 14.5. The first-order valence-electron chi connectivity index (χ1n) is 6.95. The Morgan fingerprint density at radius 1 is 1.30 bits per heavy atom. The van der Waals surface area contributed by atoms with E-state index in [4.69, 9.17) is 0 Å². The van der Waals surface area contributed by atoms with Gasteiger partial charge in [0, 0.05) is 17.8 Å². The molecule has 0 saturated heterocycles. The van der Waals surface area contributed by atoms with Gasteiger partial charge >= 0.3 is 0 Å². The standard InChI is InChI=1S/C16H21FN2S/c1-11(2)9-18-10-15-12(3)19-16(20-15)8-13-6-4-5-7-14(13)17/h4-7,11,18H,8-10H2,1-3H3. The van der Waals surface area contributed by atoms with Crippen molar-refractivity contribution in [3.8, 4) is 0 Å². The molecule has 2 rings (SSSR count). The van der Waals surface area contributed by atoms with Gasteiger partial charge in [-0.25, -0.2) is 9.37 Å². The highest BCUT2D eigenvalue weighted by Crippen LogP contribution is 2.21. The molecule has 0 unspecified atom stereocenters. The molecule has 1 aromatic carbocycles. The Kier molecular flexibility index (Phi) is 5.26. The van der Waals surface area contributed by atoms with Crippen LogP contribution in [-0.2, 0) is 13.0 Å². The van der Waals surface area contributed by atoms with Crippen LogP contribution in [0.25, 0.3) is 0 Å². The molecular weight excluding hydrogens is 271 g/mol. The van der Waals surface area contributed by atoms with E-state index in [1.165, 1.54) is 10.9 Å². The molecule has 4 heteroatoms. The van der Waals surface area contributed by atoms with Crippen LogP contribution >= 0.6 is 11.3 Å². The lowest BCUT2D eigenvalue weighted by molar-refractivity contribution is 0.554. The lowest BCUT2D eigenvalue weighted by Gasteiger charge is -2.05. The minimum Gasteiger partial charge on any atom is -0.312 e. The molecule has 1 aromatic heterocycles. The number of halogens is 1. The van der Waals surface area contributed by atoms with Crippen LogP contribution < -0.4 is 5.32 Å². The Bertz CT molecular complexity index is 563. The second-order valence-corrected chi connectivity index (χ2v) is 6.58. The lowest BCUT2D eigenvalue weighted by atomic mass is 10.1. The number of nitrogens with one attached hydrogen (secondary N) is 1. The summed E-state index contributed by atoms with van der Waals surface area (Å²) in [7, 11) is 0. The molecule has 2 nitrogen and oxygen atoms in total. The Hall–Kier alpha value is -1.26. The summed E-state index contributed by atoms with van der Waals surface area (Å²) in [6.45, 7) is 8.25. The highest BCUT2D eigenvalue weighted by molar-refractivity contribution is 7.11. The molecule has 0 atom stereocenters. The van der Waals surface area contributed by atoms with Crippen molar-refractivity contribution in [2.75, 3.05) is 6.54 Å². The molecule has 0 aliphatic carbocycles. The molecule has 1 N–H and O–H groups in total. The number of benzene rings is 1. The van der Waals surface area contributed by atoms with Crippen LogP contribution in [0.15, 0.2) is 24.3 Å². The summed E-state index contributed by atoms with van der Waals surface area (Å²) in [6.07, 6.45) is 0.572. The fourth-order valence-electron chi connectivity index (χ4n) is 2.01. The molecule has 20 heavy (non-hydrogen) atoms. The first-order chi connectivity index (χ1) is 9.56. The fourth-order valence-corrected chi connectivity index (χ4v) is 3.07. The predicted octanol–water partition coefficient (Wildman–Crippen LogP) is 3.93. The fraction of sp³-hybridized carbons (Fsp3) is 0.438. The maximum absolute atomic E-state index is 13.6. The maximum atomic E-state index is 13.6. The van der Waals surface area contributed by atoms with E-state index in [1.807, 2.05) is 19.1 Å². The van der Waals surface area contributed by atoms with Crippen LogP contribution in [0.1, 0.15) is 35.0 Å². The van der Waals surface area contributed by atoms with E-state index < -0.39 is 0 Å². The monoisotopic (exact) mass is 292 g/mol. The number of thiazole rings is 1.